The number of hydrogen-bond donors (Lipinski definition) is 1. The summed E-state index contributed by atoms with van der Waals surface area (Å²) < 4.78 is 6.70. The summed E-state index contributed by atoms with van der Waals surface area (Å²) in [4.78, 5) is 0. The Bertz CT molecular complexity index is 352. The highest BCUT2D eigenvalue weighted by Crippen LogP contribution is 2.43. The molecule has 0 spiro atoms. The number of aliphatic hydroxyl groups excluding tert-OH is 1. The normalized spacial score (nSPS) is 43.8. The number of rotatable bonds is 4. The van der Waals surface area contributed by atoms with Crippen LogP contribution in [0.15, 0.2) is 0 Å². The van der Waals surface area contributed by atoms with Gasteiger partial charge in [-0.1, -0.05) is 41.0 Å². The van der Waals surface area contributed by atoms with Crippen molar-refractivity contribution >= 4 is 0 Å². The Kier molecular flexibility index (Phi) is 5.99. The van der Waals surface area contributed by atoms with Gasteiger partial charge in [-0.15, -0.1) is 0 Å². The zero-order chi connectivity index (χ0) is 16.5. The molecular weight excluding hydrogens is 272 g/mol. The van der Waals surface area contributed by atoms with Gasteiger partial charge in [0.05, 0.1) is 17.8 Å². The molecule has 22 heavy (non-hydrogen) atoms. The molecule has 2 heteroatoms. The summed E-state index contributed by atoms with van der Waals surface area (Å²) in [5.74, 6) is 3.17. The Morgan fingerprint density at radius 1 is 1.00 bits per heavy atom. The fraction of sp³-hybridized carbons (Fsp3) is 1.00. The van der Waals surface area contributed by atoms with Gasteiger partial charge in [-0.05, 0) is 62.2 Å². The molecule has 2 rings (SSSR count). The van der Waals surface area contributed by atoms with Crippen LogP contribution in [0.5, 0.6) is 0 Å². The van der Waals surface area contributed by atoms with Gasteiger partial charge in [-0.3, -0.25) is 0 Å². The van der Waals surface area contributed by atoms with E-state index in [0.29, 0.717) is 29.8 Å². The van der Waals surface area contributed by atoms with Crippen LogP contribution in [0.1, 0.15) is 80.1 Å². The van der Waals surface area contributed by atoms with Crippen LogP contribution >= 0.6 is 0 Å². The lowest BCUT2D eigenvalue weighted by atomic mass is 9.72. The van der Waals surface area contributed by atoms with Crippen molar-refractivity contribution < 1.29 is 9.84 Å². The van der Waals surface area contributed by atoms with Crippen LogP contribution in [-0.4, -0.2) is 22.9 Å². The third-order valence-electron chi connectivity index (χ3n) is 6.40. The minimum Gasteiger partial charge on any atom is -0.393 e. The Hall–Kier alpha value is -0.0800. The molecule has 0 bridgehead atoms. The van der Waals surface area contributed by atoms with E-state index in [1.165, 1.54) is 19.3 Å². The lowest BCUT2D eigenvalue weighted by molar-refractivity contribution is -0.169. The molecule has 0 aliphatic heterocycles. The highest BCUT2D eigenvalue weighted by atomic mass is 16.5. The van der Waals surface area contributed by atoms with Gasteiger partial charge in [0.1, 0.15) is 0 Å². The maximum atomic E-state index is 10.6. The molecule has 2 nitrogen and oxygen atoms in total. The average molecular weight is 311 g/mol. The van der Waals surface area contributed by atoms with E-state index >= 15 is 0 Å². The van der Waals surface area contributed by atoms with E-state index < -0.39 is 0 Å². The molecule has 0 aromatic carbocycles. The number of hydrogen-bond acceptors (Lipinski definition) is 2. The highest BCUT2D eigenvalue weighted by molar-refractivity contribution is 4.92. The minimum atomic E-state index is -0.197. The summed E-state index contributed by atoms with van der Waals surface area (Å²) in [6.07, 6.45) is 7.04. The predicted octanol–water partition coefficient (Wildman–Crippen LogP) is 5.04. The van der Waals surface area contributed by atoms with E-state index in [1.54, 1.807) is 0 Å². The van der Waals surface area contributed by atoms with Gasteiger partial charge < -0.3 is 9.84 Å². The maximum Gasteiger partial charge on any atom is 0.0683 e. The van der Waals surface area contributed by atoms with Crippen LogP contribution in [0.3, 0.4) is 0 Å². The zero-order valence-electron chi connectivity index (χ0n) is 15.6. The third kappa shape index (κ3) is 4.26. The summed E-state index contributed by atoms with van der Waals surface area (Å²) in [7, 11) is 0. The molecule has 6 unspecified atom stereocenters. The molecule has 2 aliphatic carbocycles. The first kappa shape index (κ1) is 18.3. The van der Waals surface area contributed by atoms with Gasteiger partial charge in [-0.2, -0.15) is 0 Å². The maximum absolute atomic E-state index is 10.6. The SMILES string of the molecule is CC1CCC(C(C)C)C(OC2(C)CCC(C(C)C)C(O)C2)C1. The fourth-order valence-corrected chi connectivity index (χ4v) is 4.86. The second-order valence-corrected chi connectivity index (χ2v) is 9.15. The van der Waals surface area contributed by atoms with Crippen LogP contribution in [-0.2, 0) is 4.74 Å². The Labute approximate surface area is 138 Å². The zero-order valence-corrected chi connectivity index (χ0v) is 15.6. The van der Waals surface area contributed by atoms with Crippen LogP contribution in [0.4, 0.5) is 0 Å². The lowest BCUT2D eigenvalue weighted by Crippen LogP contribution is -2.48. The average Bonchev–Trinajstić information content (AvgIpc) is 2.37. The van der Waals surface area contributed by atoms with Gasteiger partial charge in [0, 0.05) is 6.42 Å². The summed E-state index contributed by atoms with van der Waals surface area (Å²) in [5, 5.41) is 10.6. The van der Waals surface area contributed by atoms with Crippen molar-refractivity contribution in [3.63, 3.8) is 0 Å². The Morgan fingerprint density at radius 3 is 2.18 bits per heavy atom. The van der Waals surface area contributed by atoms with Crippen molar-refractivity contribution in [3.8, 4) is 0 Å². The van der Waals surface area contributed by atoms with Gasteiger partial charge in [-0.25, -0.2) is 0 Å². The second kappa shape index (κ2) is 7.21. The molecule has 0 radical (unpaired) electrons. The fourth-order valence-electron chi connectivity index (χ4n) is 4.86. The van der Waals surface area contributed by atoms with E-state index in [1.807, 2.05) is 0 Å². The summed E-state index contributed by atoms with van der Waals surface area (Å²) in [5.41, 5.74) is -0.125. The van der Waals surface area contributed by atoms with E-state index in [2.05, 4.69) is 41.5 Å². The molecule has 0 amide bonds. The van der Waals surface area contributed by atoms with Crippen LogP contribution in [0.25, 0.3) is 0 Å². The summed E-state index contributed by atoms with van der Waals surface area (Å²) in [6.45, 7) is 13.7. The van der Waals surface area contributed by atoms with Crippen molar-refractivity contribution in [2.24, 2.45) is 29.6 Å². The molecule has 0 saturated heterocycles. The molecule has 0 aromatic rings. The molecule has 0 aromatic heterocycles. The predicted molar refractivity (Wildman–Crippen MR) is 92.8 cm³/mol. The van der Waals surface area contributed by atoms with Crippen molar-refractivity contribution in [1.82, 2.24) is 0 Å². The summed E-state index contributed by atoms with van der Waals surface area (Å²) >= 11 is 0. The van der Waals surface area contributed by atoms with Gasteiger partial charge in [0.15, 0.2) is 0 Å². The van der Waals surface area contributed by atoms with E-state index in [9.17, 15) is 5.11 Å². The van der Waals surface area contributed by atoms with Crippen molar-refractivity contribution in [2.75, 3.05) is 0 Å². The van der Waals surface area contributed by atoms with Crippen LogP contribution in [0, 0.1) is 29.6 Å². The van der Waals surface area contributed by atoms with Gasteiger partial charge in [0.2, 0.25) is 0 Å². The third-order valence-corrected chi connectivity index (χ3v) is 6.40. The topological polar surface area (TPSA) is 29.5 Å². The molecule has 1 N–H and O–H groups in total. The molecule has 2 saturated carbocycles. The standard InChI is InChI=1S/C20H38O2/c1-13(2)16-9-10-20(6,12-18(16)21)22-19-11-15(5)7-8-17(19)14(3)4/h13-19,21H,7-12H2,1-6H3. The van der Waals surface area contributed by atoms with Gasteiger partial charge >= 0.3 is 0 Å². The second-order valence-electron chi connectivity index (χ2n) is 9.15. The Morgan fingerprint density at radius 2 is 1.64 bits per heavy atom. The molecule has 6 atom stereocenters. The quantitative estimate of drug-likeness (QED) is 0.788. The first-order chi connectivity index (χ1) is 10.2. The highest BCUT2D eigenvalue weighted by Gasteiger charge is 2.42. The first-order valence-electron chi connectivity index (χ1n) is 9.57. The largest absolute Gasteiger partial charge is 0.393 e. The molecule has 2 fully saturated rings. The minimum absolute atomic E-state index is 0.125. The van der Waals surface area contributed by atoms with E-state index in [4.69, 9.17) is 4.74 Å². The van der Waals surface area contributed by atoms with Crippen LogP contribution in [0.2, 0.25) is 0 Å². The first-order valence-corrected chi connectivity index (χ1v) is 9.57. The van der Waals surface area contributed by atoms with Crippen molar-refractivity contribution in [3.05, 3.63) is 0 Å². The Balaban J connectivity index is 2.01. The van der Waals surface area contributed by atoms with Crippen molar-refractivity contribution in [2.45, 2.75) is 97.9 Å². The molecular formula is C20H38O2. The van der Waals surface area contributed by atoms with Crippen molar-refractivity contribution in [1.29, 1.82) is 0 Å². The summed E-state index contributed by atoms with van der Waals surface area (Å²) in [6, 6.07) is 0. The molecule has 130 valence electrons. The smallest absolute Gasteiger partial charge is 0.0683 e. The monoisotopic (exact) mass is 310 g/mol. The van der Waals surface area contributed by atoms with Crippen LogP contribution < -0.4 is 0 Å². The number of ether oxygens (including phenoxy) is 1. The lowest BCUT2D eigenvalue weighted by Gasteiger charge is -2.47. The molecule has 2 aliphatic rings. The number of aliphatic hydroxyl groups is 1. The molecule has 0 heterocycles. The van der Waals surface area contributed by atoms with E-state index in [-0.39, 0.29) is 11.7 Å². The van der Waals surface area contributed by atoms with E-state index in [0.717, 1.165) is 25.2 Å². The van der Waals surface area contributed by atoms with Gasteiger partial charge in [0.25, 0.3) is 0 Å².